The highest BCUT2D eigenvalue weighted by atomic mass is 16.5. The van der Waals surface area contributed by atoms with Crippen LogP contribution >= 0.6 is 0 Å². The van der Waals surface area contributed by atoms with E-state index in [4.69, 9.17) is 9.26 Å². The third kappa shape index (κ3) is 3.07. The van der Waals surface area contributed by atoms with Gasteiger partial charge in [-0.25, -0.2) is 9.97 Å². The van der Waals surface area contributed by atoms with Crippen molar-refractivity contribution in [1.82, 2.24) is 20.0 Å². The molecule has 0 radical (unpaired) electrons. The van der Waals surface area contributed by atoms with E-state index >= 15 is 0 Å². The Hall–Kier alpha value is -1.99. The molecule has 2 aliphatic heterocycles. The van der Waals surface area contributed by atoms with Crippen LogP contribution < -0.4 is 4.90 Å². The number of nitrogens with zero attached hydrogens (tertiary/aromatic N) is 5. The van der Waals surface area contributed by atoms with E-state index in [2.05, 4.69) is 24.9 Å². The highest BCUT2D eigenvalue weighted by Gasteiger charge is 2.25. The highest BCUT2D eigenvalue weighted by molar-refractivity contribution is 5.49. The molecular weight excluding hydrogens is 294 g/mol. The minimum atomic E-state index is 0.765. The first kappa shape index (κ1) is 14.6. The maximum Gasteiger partial charge on any atom is 0.136 e. The Morgan fingerprint density at radius 2 is 2.04 bits per heavy atom. The van der Waals surface area contributed by atoms with Gasteiger partial charge < -0.3 is 14.2 Å². The van der Waals surface area contributed by atoms with Crippen molar-refractivity contribution in [2.24, 2.45) is 0 Å². The van der Waals surface area contributed by atoms with Gasteiger partial charge in [-0.05, 0) is 6.92 Å². The van der Waals surface area contributed by atoms with Gasteiger partial charge in [0, 0.05) is 50.8 Å². The van der Waals surface area contributed by atoms with E-state index in [1.807, 2.05) is 13.0 Å². The molecule has 0 aromatic carbocycles. The lowest BCUT2D eigenvalue weighted by atomic mass is 10.1. The summed E-state index contributed by atoms with van der Waals surface area (Å²) >= 11 is 0. The van der Waals surface area contributed by atoms with Gasteiger partial charge >= 0.3 is 0 Å². The molecule has 2 aliphatic rings. The van der Waals surface area contributed by atoms with Crippen LogP contribution in [0.1, 0.15) is 22.7 Å². The number of hydrogen-bond acceptors (Lipinski definition) is 7. The Balaban J connectivity index is 1.55. The van der Waals surface area contributed by atoms with Crippen LogP contribution in [-0.4, -0.2) is 52.9 Å². The fourth-order valence-corrected chi connectivity index (χ4v) is 3.29. The Morgan fingerprint density at radius 3 is 2.83 bits per heavy atom. The summed E-state index contributed by atoms with van der Waals surface area (Å²) in [5.74, 6) is 1.93. The summed E-state index contributed by atoms with van der Waals surface area (Å²) in [6.45, 7) is 7.88. The fraction of sp³-hybridized carbons (Fsp3) is 0.562. The molecular formula is C16H21N5O2. The first-order valence-electron chi connectivity index (χ1n) is 8.09. The predicted molar refractivity (Wildman–Crippen MR) is 84.1 cm³/mol. The minimum absolute atomic E-state index is 0.765. The third-order valence-electron chi connectivity index (χ3n) is 4.43. The van der Waals surface area contributed by atoms with E-state index in [1.165, 1.54) is 11.3 Å². The molecule has 0 N–H and O–H groups in total. The third-order valence-corrected chi connectivity index (χ3v) is 4.43. The lowest BCUT2D eigenvalue weighted by molar-refractivity contribution is 0.122. The predicted octanol–water partition coefficient (Wildman–Crippen LogP) is 1.17. The van der Waals surface area contributed by atoms with Crippen molar-refractivity contribution < 1.29 is 9.26 Å². The molecule has 0 atom stereocenters. The smallest absolute Gasteiger partial charge is 0.136 e. The topological polar surface area (TPSA) is 67.5 Å². The average molecular weight is 315 g/mol. The van der Waals surface area contributed by atoms with Crippen LogP contribution in [-0.2, 0) is 24.2 Å². The van der Waals surface area contributed by atoms with Gasteiger partial charge in [-0.3, -0.25) is 4.90 Å². The van der Waals surface area contributed by atoms with Crippen molar-refractivity contribution >= 4 is 5.82 Å². The Kier molecular flexibility index (Phi) is 3.97. The number of fused-ring (bicyclic) bond motifs is 1. The van der Waals surface area contributed by atoms with E-state index in [1.54, 1.807) is 6.33 Å². The summed E-state index contributed by atoms with van der Waals surface area (Å²) < 4.78 is 10.6. The van der Waals surface area contributed by atoms with Crippen molar-refractivity contribution in [3.05, 3.63) is 35.1 Å². The molecule has 23 heavy (non-hydrogen) atoms. The Morgan fingerprint density at radius 1 is 1.17 bits per heavy atom. The standard InChI is InChI=1S/C16H21N5O2/c1-12-8-13(19-23-12)9-20-3-2-15-14(10-20)16(18-11-17-15)21-4-6-22-7-5-21/h8,11H,2-7,9-10H2,1H3. The number of aryl methyl sites for hydroxylation is 1. The van der Waals surface area contributed by atoms with E-state index in [0.717, 1.165) is 69.6 Å². The largest absolute Gasteiger partial charge is 0.378 e. The lowest BCUT2D eigenvalue weighted by Crippen LogP contribution is -2.39. The molecule has 1 fully saturated rings. The van der Waals surface area contributed by atoms with Gasteiger partial charge in [0.15, 0.2) is 0 Å². The first-order chi connectivity index (χ1) is 11.3. The van der Waals surface area contributed by atoms with Gasteiger partial charge in [0.2, 0.25) is 0 Å². The van der Waals surface area contributed by atoms with Crippen LogP contribution in [0.15, 0.2) is 16.9 Å². The molecule has 0 saturated carbocycles. The second-order valence-corrected chi connectivity index (χ2v) is 6.11. The maximum absolute atomic E-state index is 5.45. The number of rotatable bonds is 3. The van der Waals surface area contributed by atoms with Crippen LogP contribution in [0.4, 0.5) is 5.82 Å². The number of hydrogen-bond donors (Lipinski definition) is 0. The van der Waals surface area contributed by atoms with Crippen molar-refractivity contribution in [2.75, 3.05) is 37.7 Å². The molecule has 4 heterocycles. The number of ether oxygens (including phenoxy) is 1. The van der Waals surface area contributed by atoms with Gasteiger partial charge in [-0.15, -0.1) is 0 Å². The summed E-state index contributed by atoms with van der Waals surface area (Å²) in [5.41, 5.74) is 3.41. The van der Waals surface area contributed by atoms with Crippen molar-refractivity contribution in [3.63, 3.8) is 0 Å². The summed E-state index contributed by atoms with van der Waals surface area (Å²) in [6, 6.07) is 2.00. The van der Waals surface area contributed by atoms with Crippen LogP contribution in [0.3, 0.4) is 0 Å². The van der Waals surface area contributed by atoms with E-state index in [0.29, 0.717) is 0 Å². The summed E-state index contributed by atoms with van der Waals surface area (Å²) in [6.07, 6.45) is 2.65. The van der Waals surface area contributed by atoms with Crippen LogP contribution in [0.5, 0.6) is 0 Å². The minimum Gasteiger partial charge on any atom is -0.378 e. The Labute approximate surface area is 135 Å². The van der Waals surface area contributed by atoms with Crippen molar-refractivity contribution in [2.45, 2.75) is 26.4 Å². The molecule has 1 saturated heterocycles. The van der Waals surface area contributed by atoms with Gasteiger partial charge in [0.05, 0.1) is 24.6 Å². The molecule has 7 heteroatoms. The SMILES string of the molecule is Cc1cc(CN2CCc3ncnc(N4CCOCC4)c3C2)no1. The molecule has 2 aromatic rings. The molecule has 0 aliphatic carbocycles. The highest BCUT2D eigenvalue weighted by Crippen LogP contribution is 2.27. The molecule has 4 rings (SSSR count). The number of morpholine rings is 1. The molecule has 0 amide bonds. The fourth-order valence-electron chi connectivity index (χ4n) is 3.29. The monoisotopic (exact) mass is 315 g/mol. The molecule has 0 bridgehead atoms. The molecule has 2 aromatic heterocycles. The molecule has 7 nitrogen and oxygen atoms in total. The number of aromatic nitrogens is 3. The van der Waals surface area contributed by atoms with E-state index in [9.17, 15) is 0 Å². The molecule has 122 valence electrons. The van der Waals surface area contributed by atoms with Crippen molar-refractivity contribution in [1.29, 1.82) is 0 Å². The zero-order chi connectivity index (χ0) is 15.6. The van der Waals surface area contributed by atoms with Gasteiger partial charge in [0.1, 0.15) is 17.9 Å². The quantitative estimate of drug-likeness (QED) is 0.842. The second kappa shape index (κ2) is 6.25. The Bertz CT molecular complexity index is 681. The summed E-state index contributed by atoms with van der Waals surface area (Å²) in [7, 11) is 0. The summed E-state index contributed by atoms with van der Waals surface area (Å²) in [4.78, 5) is 13.7. The molecule has 0 unspecified atom stereocenters. The lowest BCUT2D eigenvalue weighted by Gasteiger charge is -2.33. The van der Waals surface area contributed by atoms with Crippen LogP contribution in [0.2, 0.25) is 0 Å². The molecule has 0 spiro atoms. The second-order valence-electron chi connectivity index (χ2n) is 6.11. The summed E-state index contributed by atoms with van der Waals surface area (Å²) in [5, 5.41) is 4.10. The van der Waals surface area contributed by atoms with Crippen molar-refractivity contribution in [3.8, 4) is 0 Å². The number of anilines is 1. The van der Waals surface area contributed by atoms with E-state index < -0.39 is 0 Å². The normalized spacial score (nSPS) is 18.9. The zero-order valence-electron chi connectivity index (χ0n) is 13.4. The van der Waals surface area contributed by atoms with Gasteiger partial charge in [-0.1, -0.05) is 5.16 Å². The van der Waals surface area contributed by atoms with Crippen LogP contribution in [0, 0.1) is 6.92 Å². The zero-order valence-corrected chi connectivity index (χ0v) is 13.4. The van der Waals surface area contributed by atoms with E-state index in [-0.39, 0.29) is 0 Å². The first-order valence-corrected chi connectivity index (χ1v) is 8.09. The van der Waals surface area contributed by atoms with Gasteiger partial charge in [0.25, 0.3) is 0 Å². The maximum atomic E-state index is 5.45. The van der Waals surface area contributed by atoms with Crippen LogP contribution in [0.25, 0.3) is 0 Å². The average Bonchev–Trinajstić information content (AvgIpc) is 3.00. The van der Waals surface area contributed by atoms with Gasteiger partial charge in [-0.2, -0.15) is 0 Å².